The molecule has 7 heteroatoms. The smallest absolute Gasteiger partial charge is 0.196 e. The summed E-state index contributed by atoms with van der Waals surface area (Å²) in [5, 5.41) is 16.7. The monoisotopic (exact) mass is 422 g/mol. The van der Waals surface area contributed by atoms with Gasteiger partial charge in [-0.05, 0) is 49.1 Å². The largest absolute Gasteiger partial charge is 0.390 e. The molecule has 0 amide bonds. The lowest BCUT2D eigenvalue weighted by atomic mass is 9.99. The van der Waals surface area contributed by atoms with Crippen LogP contribution in [0.15, 0.2) is 30.3 Å². The van der Waals surface area contributed by atoms with Crippen molar-refractivity contribution in [2.45, 2.75) is 46.4 Å². The Bertz CT molecular complexity index is 1100. The zero-order chi connectivity index (χ0) is 22.0. The Balaban J connectivity index is 1.80. The third-order valence-electron chi connectivity index (χ3n) is 6.03. The van der Waals surface area contributed by atoms with Gasteiger partial charge in [0.25, 0.3) is 0 Å². The number of benzene rings is 1. The Morgan fingerprint density at radius 3 is 2.87 bits per heavy atom. The van der Waals surface area contributed by atoms with Gasteiger partial charge in [0, 0.05) is 19.6 Å². The Morgan fingerprint density at radius 1 is 1.32 bits per heavy atom. The van der Waals surface area contributed by atoms with Crippen LogP contribution < -0.4 is 10.6 Å². The van der Waals surface area contributed by atoms with Crippen LogP contribution in [0.1, 0.15) is 45.4 Å². The number of anilines is 1. The molecular formula is C24H30N4O3. The van der Waals surface area contributed by atoms with Crippen LogP contribution in [0.25, 0.3) is 5.65 Å². The first kappa shape index (κ1) is 21.5. The number of pyridine rings is 1. The molecule has 3 aromatic rings. The highest BCUT2D eigenvalue weighted by molar-refractivity contribution is 6.04. The second kappa shape index (κ2) is 9.18. The number of carbonyl (C=O) groups is 1. The summed E-state index contributed by atoms with van der Waals surface area (Å²) >= 11 is 0. The van der Waals surface area contributed by atoms with Crippen molar-refractivity contribution < 1.29 is 14.6 Å². The van der Waals surface area contributed by atoms with Crippen LogP contribution in [0, 0.1) is 13.8 Å². The molecule has 1 aromatic carbocycles. The number of aromatic nitrogens is 2. The fraction of sp³-hybridized carbons (Fsp3) is 0.417. The van der Waals surface area contributed by atoms with Crippen LogP contribution in [0.3, 0.4) is 0 Å². The maximum Gasteiger partial charge on any atom is 0.196 e. The molecule has 1 unspecified atom stereocenters. The van der Waals surface area contributed by atoms with Gasteiger partial charge in [-0.15, -0.1) is 0 Å². The van der Waals surface area contributed by atoms with Crippen LogP contribution in [-0.2, 0) is 24.3 Å². The summed E-state index contributed by atoms with van der Waals surface area (Å²) in [5.41, 5.74) is 6.36. The number of nitrogens with one attached hydrogen (secondary N) is 2. The molecule has 1 fully saturated rings. The molecular weight excluding hydrogens is 392 g/mol. The zero-order valence-corrected chi connectivity index (χ0v) is 18.4. The second-order valence-corrected chi connectivity index (χ2v) is 7.94. The molecule has 1 saturated heterocycles. The second-order valence-electron chi connectivity index (χ2n) is 7.94. The van der Waals surface area contributed by atoms with Gasteiger partial charge in [-0.25, -0.2) is 4.98 Å². The molecule has 3 heterocycles. The summed E-state index contributed by atoms with van der Waals surface area (Å²) < 4.78 is 7.59. The average Bonchev–Trinajstić information content (AvgIpc) is 3.13. The third kappa shape index (κ3) is 4.08. The minimum absolute atomic E-state index is 0.0765. The van der Waals surface area contributed by atoms with Crippen molar-refractivity contribution in [3.8, 4) is 0 Å². The molecule has 0 spiro atoms. The highest BCUT2D eigenvalue weighted by atomic mass is 16.5. The first-order valence-electron chi connectivity index (χ1n) is 10.8. The van der Waals surface area contributed by atoms with Gasteiger partial charge in [0.2, 0.25) is 0 Å². The number of morpholine rings is 1. The molecule has 164 valence electrons. The van der Waals surface area contributed by atoms with Crippen LogP contribution in [0.5, 0.6) is 0 Å². The summed E-state index contributed by atoms with van der Waals surface area (Å²) in [4.78, 5) is 17.9. The van der Waals surface area contributed by atoms with Crippen molar-refractivity contribution >= 4 is 17.2 Å². The average molecular weight is 423 g/mol. The van der Waals surface area contributed by atoms with E-state index in [0.717, 1.165) is 18.7 Å². The fourth-order valence-electron chi connectivity index (χ4n) is 4.29. The number of hydrogen-bond acceptors (Lipinski definition) is 6. The summed E-state index contributed by atoms with van der Waals surface area (Å²) in [6, 6.07) is 9.95. The molecule has 0 saturated carbocycles. The number of aliphatic hydroxyl groups is 1. The fourth-order valence-corrected chi connectivity index (χ4v) is 4.29. The van der Waals surface area contributed by atoms with Crippen molar-refractivity contribution in [1.29, 1.82) is 0 Å². The molecule has 0 aliphatic carbocycles. The Hall–Kier alpha value is -2.74. The van der Waals surface area contributed by atoms with E-state index in [9.17, 15) is 9.90 Å². The number of Topliss-reactive ketones (excluding diaryl/α,β-unsaturated/α-hetero) is 1. The maximum atomic E-state index is 13.4. The van der Waals surface area contributed by atoms with Crippen LogP contribution in [0.4, 0.5) is 5.82 Å². The molecule has 2 aromatic heterocycles. The number of nitrogens with zero attached hydrogens (tertiary/aromatic N) is 2. The van der Waals surface area contributed by atoms with E-state index < -0.39 is 6.10 Å². The topological polar surface area (TPSA) is 87.9 Å². The Labute approximate surface area is 182 Å². The molecule has 0 radical (unpaired) electrons. The summed E-state index contributed by atoms with van der Waals surface area (Å²) in [6.45, 7) is 8.27. The van der Waals surface area contributed by atoms with Crippen molar-refractivity contribution in [2.24, 2.45) is 0 Å². The molecule has 4 rings (SSSR count). The minimum Gasteiger partial charge on any atom is -0.390 e. The molecule has 1 aliphatic heterocycles. The number of ether oxygens (including phenoxy) is 1. The van der Waals surface area contributed by atoms with Crippen molar-refractivity contribution in [1.82, 2.24) is 14.7 Å². The lowest BCUT2D eigenvalue weighted by Gasteiger charge is -2.24. The van der Waals surface area contributed by atoms with Crippen LogP contribution >= 0.6 is 0 Å². The summed E-state index contributed by atoms with van der Waals surface area (Å²) in [7, 11) is 0. The van der Waals surface area contributed by atoms with Crippen LogP contribution in [-0.4, -0.2) is 46.1 Å². The van der Waals surface area contributed by atoms with E-state index in [4.69, 9.17) is 4.74 Å². The number of aryl methyl sites for hydroxylation is 3. The summed E-state index contributed by atoms with van der Waals surface area (Å²) in [5.74, 6) is 0.568. The third-order valence-corrected chi connectivity index (χ3v) is 6.03. The number of ketones is 1. The zero-order valence-electron chi connectivity index (χ0n) is 18.4. The van der Waals surface area contributed by atoms with Gasteiger partial charge >= 0.3 is 0 Å². The number of aliphatic hydroxyl groups excluding tert-OH is 1. The highest BCUT2D eigenvalue weighted by Crippen LogP contribution is 2.26. The van der Waals surface area contributed by atoms with Gasteiger partial charge in [-0.1, -0.05) is 25.1 Å². The van der Waals surface area contributed by atoms with Gasteiger partial charge in [-0.3, -0.25) is 9.20 Å². The summed E-state index contributed by atoms with van der Waals surface area (Å²) in [6.07, 6.45) is 0.404. The quantitative estimate of drug-likeness (QED) is 0.508. The van der Waals surface area contributed by atoms with E-state index >= 15 is 0 Å². The van der Waals surface area contributed by atoms with Crippen LogP contribution in [0.2, 0.25) is 0 Å². The molecule has 0 bridgehead atoms. The van der Waals surface area contributed by atoms with Crippen molar-refractivity contribution in [3.63, 3.8) is 0 Å². The number of imidazole rings is 1. The molecule has 1 aliphatic rings. The SMILES string of the molecule is CCc1cccc(C)c1CNc1c(C(=O)C2CNCCO2)ccc2nc(C)c(CO)n12. The number of fused-ring (bicyclic) bond motifs is 1. The number of hydrogen-bond donors (Lipinski definition) is 3. The van der Waals surface area contributed by atoms with E-state index in [2.05, 4.69) is 47.7 Å². The first-order valence-corrected chi connectivity index (χ1v) is 10.8. The minimum atomic E-state index is -0.529. The van der Waals surface area contributed by atoms with E-state index in [1.54, 1.807) is 0 Å². The molecule has 7 nitrogen and oxygen atoms in total. The lowest BCUT2D eigenvalue weighted by Crippen LogP contribution is -2.43. The molecule has 31 heavy (non-hydrogen) atoms. The van der Waals surface area contributed by atoms with E-state index in [-0.39, 0.29) is 12.4 Å². The number of rotatable bonds is 7. The predicted octanol–water partition coefficient (Wildman–Crippen LogP) is 2.79. The van der Waals surface area contributed by atoms with E-state index in [0.29, 0.717) is 42.4 Å². The highest BCUT2D eigenvalue weighted by Gasteiger charge is 2.27. The Kier molecular flexibility index (Phi) is 6.36. The van der Waals surface area contributed by atoms with Crippen molar-refractivity contribution in [2.75, 3.05) is 25.0 Å². The number of carbonyl (C=O) groups excluding carboxylic acids is 1. The van der Waals surface area contributed by atoms with Gasteiger partial charge < -0.3 is 20.5 Å². The van der Waals surface area contributed by atoms with Gasteiger partial charge in [0.05, 0.1) is 30.2 Å². The predicted molar refractivity (Wildman–Crippen MR) is 121 cm³/mol. The first-order chi connectivity index (χ1) is 15.0. The molecule has 3 N–H and O–H groups in total. The lowest BCUT2D eigenvalue weighted by molar-refractivity contribution is 0.0269. The standard InChI is InChI=1S/C24H30N4O3/c1-4-17-7-5-6-15(2)19(17)12-26-24-18(23(30)21-13-25-10-11-31-21)8-9-22-27-16(3)20(14-29)28(22)24/h5-9,21,25-26,29H,4,10-14H2,1-3H3. The van der Waals surface area contributed by atoms with E-state index in [1.165, 1.54) is 16.7 Å². The van der Waals surface area contributed by atoms with Gasteiger partial charge in [0.1, 0.15) is 17.6 Å². The normalized spacial score (nSPS) is 16.6. The van der Waals surface area contributed by atoms with Gasteiger partial charge in [-0.2, -0.15) is 0 Å². The van der Waals surface area contributed by atoms with Crippen molar-refractivity contribution in [3.05, 3.63) is 64.0 Å². The Morgan fingerprint density at radius 2 is 2.16 bits per heavy atom. The van der Waals surface area contributed by atoms with Gasteiger partial charge in [0.15, 0.2) is 5.78 Å². The maximum absolute atomic E-state index is 13.4. The van der Waals surface area contributed by atoms with E-state index in [1.807, 2.05) is 23.5 Å². The molecule has 1 atom stereocenters.